The molecule has 0 saturated carbocycles. The molecule has 0 radical (unpaired) electrons. The number of carbonyl (C=O) groups excluding carboxylic acids is 1. The van der Waals surface area contributed by atoms with Gasteiger partial charge in [-0.3, -0.25) is 4.79 Å². The fraction of sp³-hybridized carbons (Fsp3) is 0.409. The Balaban J connectivity index is 1.58. The van der Waals surface area contributed by atoms with E-state index in [1.165, 1.54) is 0 Å². The molecule has 0 aromatic heterocycles. The molecule has 3 rings (SSSR count). The molecule has 2 aromatic rings. The molecular weight excluding hydrogens is 374 g/mol. The summed E-state index contributed by atoms with van der Waals surface area (Å²) in [6.45, 7) is 0.762. The number of aliphatic hydroxyl groups is 1. The summed E-state index contributed by atoms with van der Waals surface area (Å²) in [7, 11) is 4.73. The molecule has 1 fully saturated rings. The SMILES string of the molecule is COc1cccc(CC(=O)N2CC[C@@H](Oc3ccc(OC)c(OC)c3)[C@H](O)C2)c1. The fourth-order valence-electron chi connectivity index (χ4n) is 3.41. The second-order valence-electron chi connectivity index (χ2n) is 6.90. The topological polar surface area (TPSA) is 77.5 Å². The Morgan fingerprint density at radius 3 is 2.52 bits per heavy atom. The number of piperidine rings is 1. The van der Waals surface area contributed by atoms with Gasteiger partial charge in [0.15, 0.2) is 11.5 Å². The van der Waals surface area contributed by atoms with Crippen molar-refractivity contribution in [1.82, 2.24) is 4.90 Å². The smallest absolute Gasteiger partial charge is 0.227 e. The van der Waals surface area contributed by atoms with E-state index in [0.29, 0.717) is 30.2 Å². The quantitative estimate of drug-likeness (QED) is 0.767. The Labute approximate surface area is 170 Å². The minimum atomic E-state index is -0.772. The third-order valence-electron chi connectivity index (χ3n) is 5.00. The number of aliphatic hydroxyl groups excluding tert-OH is 1. The number of nitrogens with zero attached hydrogens (tertiary/aromatic N) is 1. The van der Waals surface area contributed by atoms with Crippen LogP contribution < -0.4 is 18.9 Å². The Morgan fingerprint density at radius 2 is 1.83 bits per heavy atom. The highest BCUT2D eigenvalue weighted by Gasteiger charge is 2.31. The Hall–Kier alpha value is -2.93. The summed E-state index contributed by atoms with van der Waals surface area (Å²) in [5.41, 5.74) is 0.882. The summed E-state index contributed by atoms with van der Waals surface area (Å²) in [6.07, 6.45) is -0.357. The van der Waals surface area contributed by atoms with Crippen molar-refractivity contribution in [3.63, 3.8) is 0 Å². The van der Waals surface area contributed by atoms with Gasteiger partial charge in [-0.2, -0.15) is 0 Å². The molecule has 7 nitrogen and oxygen atoms in total. The van der Waals surface area contributed by atoms with Crippen molar-refractivity contribution in [2.24, 2.45) is 0 Å². The highest BCUT2D eigenvalue weighted by atomic mass is 16.5. The first-order valence-corrected chi connectivity index (χ1v) is 9.51. The number of ether oxygens (including phenoxy) is 4. The number of rotatable bonds is 7. The molecule has 1 saturated heterocycles. The fourth-order valence-corrected chi connectivity index (χ4v) is 3.41. The normalized spacial score (nSPS) is 18.8. The van der Waals surface area contributed by atoms with Crippen LogP contribution in [0, 0.1) is 0 Å². The average molecular weight is 401 g/mol. The van der Waals surface area contributed by atoms with Crippen molar-refractivity contribution in [2.45, 2.75) is 25.0 Å². The van der Waals surface area contributed by atoms with Crippen LogP contribution in [0.15, 0.2) is 42.5 Å². The lowest BCUT2D eigenvalue weighted by atomic mass is 10.0. The number of hydrogen-bond acceptors (Lipinski definition) is 6. The number of likely N-dealkylation sites (tertiary alicyclic amines) is 1. The first kappa shape index (κ1) is 20.8. The van der Waals surface area contributed by atoms with Crippen molar-refractivity contribution >= 4 is 5.91 Å². The monoisotopic (exact) mass is 401 g/mol. The summed E-state index contributed by atoms with van der Waals surface area (Å²) in [5, 5.41) is 10.5. The van der Waals surface area contributed by atoms with Gasteiger partial charge in [0, 0.05) is 19.0 Å². The molecule has 1 N–H and O–H groups in total. The van der Waals surface area contributed by atoms with Crippen molar-refractivity contribution in [2.75, 3.05) is 34.4 Å². The number of amides is 1. The van der Waals surface area contributed by atoms with Crippen molar-refractivity contribution in [3.05, 3.63) is 48.0 Å². The summed E-state index contributed by atoms with van der Waals surface area (Å²) < 4.78 is 21.7. The molecule has 0 aliphatic carbocycles. The summed E-state index contributed by atoms with van der Waals surface area (Å²) in [5.74, 6) is 2.45. The molecule has 2 atom stereocenters. The first-order valence-electron chi connectivity index (χ1n) is 9.51. The molecule has 2 aromatic carbocycles. The van der Waals surface area contributed by atoms with Crippen LogP contribution in [0.4, 0.5) is 0 Å². The van der Waals surface area contributed by atoms with Crippen molar-refractivity contribution < 1.29 is 28.8 Å². The Morgan fingerprint density at radius 1 is 1.03 bits per heavy atom. The summed E-state index contributed by atoms with van der Waals surface area (Å²) in [4.78, 5) is 14.3. The van der Waals surface area contributed by atoms with Gasteiger partial charge in [-0.15, -0.1) is 0 Å². The number of β-amino-alcohol motifs (C(OH)–C–C–N with tert-alkyl or cyclic N) is 1. The number of benzene rings is 2. The largest absolute Gasteiger partial charge is 0.497 e. The van der Waals surface area contributed by atoms with Gasteiger partial charge in [-0.1, -0.05) is 12.1 Å². The van der Waals surface area contributed by atoms with Crippen molar-refractivity contribution in [1.29, 1.82) is 0 Å². The molecule has 0 spiro atoms. The van der Waals surface area contributed by atoms with Crippen LogP contribution in [-0.2, 0) is 11.2 Å². The lowest BCUT2D eigenvalue weighted by Crippen LogP contribution is -2.51. The first-order chi connectivity index (χ1) is 14.0. The van der Waals surface area contributed by atoms with E-state index < -0.39 is 12.2 Å². The maximum Gasteiger partial charge on any atom is 0.227 e. The van der Waals surface area contributed by atoms with Crippen LogP contribution >= 0.6 is 0 Å². The maximum absolute atomic E-state index is 12.6. The van der Waals surface area contributed by atoms with Gasteiger partial charge in [0.05, 0.1) is 34.3 Å². The van der Waals surface area contributed by atoms with E-state index in [9.17, 15) is 9.90 Å². The van der Waals surface area contributed by atoms with E-state index in [1.807, 2.05) is 24.3 Å². The predicted molar refractivity (Wildman–Crippen MR) is 108 cm³/mol. The van der Waals surface area contributed by atoms with Crippen LogP contribution in [0.3, 0.4) is 0 Å². The predicted octanol–water partition coefficient (Wildman–Crippen LogP) is 2.30. The molecule has 1 heterocycles. The highest BCUT2D eigenvalue weighted by Crippen LogP contribution is 2.32. The van der Waals surface area contributed by atoms with E-state index in [-0.39, 0.29) is 18.9 Å². The number of methoxy groups -OCH3 is 3. The van der Waals surface area contributed by atoms with Gasteiger partial charge in [-0.05, 0) is 29.8 Å². The molecule has 1 amide bonds. The molecule has 1 aliphatic heterocycles. The van der Waals surface area contributed by atoms with Crippen LogP contribution in [0.25, 0.3) is 0 Å². The Bertz CT molecular complexity index is 840. The van der Waals surface area contributed by atoms with E-state index >= 15 is 0 Å². The van der Waals surface area contributed by atoms with Gasteiger partial charge in [-0.25, -0.2) is 0 Å². The van der Waals surface area contributed by atoms with Gasteiger partial charge in [0.2, 0.25) is 5.91 Å². The van der Waals surface area contributed by atoms with Crippen LogP contribution in [0.2, 0.25) is 0 Å². The van der Waals surface area contributed by atoms with Gasteiger partial charge in [0.25, 0.3) is 0 Å². The molecular formula is C22H27NO6. The molecule has 7 heteroatoms. The highest BCUT2D eigenvalue weighted by molar-refractivity contribution is 5.79. The number of hydrogen-bond donors (Lipinski definition) is 1. The maximum atomic E-state index is 12.6. The standard InChI is InChI=1S/C22H27NO6/c1-26-16-6-4-5-15(11-16)12-22(25)23-10-9-19(18(24)14-23)29-17-7-8-20(27-2)21(13-17)28-3/h4-8,11,13,18-19,24H,9-10,12,14H2,1-3H3/t18-,19-/m1/s1. The van der Waals surface area contributed by atoms with E-state index in [1.54, 1.807) is 44.4 Å². The summed E-state index contributed by atoms with van der Waals surface area (Å²) in [6, 6.07) is 12.7. The third-order valence-corrected chi connectivity index (χ3v) is 5.00. The summed E-state index contributed by atoms with van der Waals surface area (Å²) >= 11 is 0. The molecule has 156 valence electrons. The zero-order chi connectivity index (χ0) is 20.8. The van der Waals surface area contributed by atoms with Gasteiger partial charge < -0.3 is 29.0 Å². The van der Waals surface area contributed by atoms with Crippen molar-refractivity contribution in [3.8, 4) is 23.0 Å². The zero-order valence-electron chi connectivity index (χ0n) is 17.0. The van der Waals surface area contributed by atoms with Crippen LogP contribution in [0.1, 0.15) is 12.0 Å². The lowest BCUT2D eigenvalue weighted by Gasteiger charge is -2.36. The van der Waals surface area contributed by atoms with Gasteiger partial charge >= 0.3 is 0 Å². The van der Waals surface area contributed by atoms with Crippen LogP contribution in [0.5, 0.6) is 23.0 Å². The molecule has 29 heavy (non-hydrogen) atoms. The van der Waals surface area contributed by atoms with Crippen LogP contribution in [-0.4, -0.2) is 62.5 Å². The molecule has 0 unspecified atom stereocenters. The zero-order valence-corrected chi connectivity index (χ0v) is 17.0. The molecule has 1 aliphatic rings. The molecule has 0 bridgehead atoms. The average Bonchev–Trinajstić information content (AvgIpc) is 2.75. The minimum absolute atomic E-state index is 0.0260. The van der Waals surface area contributed by atoms with E-state index in [2.05, 4.69) is 0 Å². The third kappa shape index (κ3) is 5.12. The van der Waals surface area contributed by atoms with E-state index in [4.69, 9.17) is 18.9 Å². The van der Waals surface area contributed by atoms with Gasteiger partial charge in [0.1, 0.15) is 23.7 Å². The second-order valence-corrected chi connectivity index (χ2v) is 6.90. The lowest BCUT2D eigenvalue weighted by molar-refractivity contribution is -0.136. The number of carbonyl (C=O) groups is 1. The Kier molecular flexibility index (Phi) is 6.82. The second kappa shape index (κ2) is 9.52. The van der Waals surface area contributed by atoms with E-state index in [0.717, 1.165) is 11.3 Å². The minimum Gasteiger partial charge on any atom is -0.497 e.